The zero-order valence-corrected chi connectivity index (χ0v) is 11.3. The maximum atomic E-state index is 12.9. The van der Waals surface area contributed by atoms with E-state index in [1.165, 1.54) is 24.3 Å². The van der Waals surface area contributed by atoms with Crippen molar-refractivity contribution in [3.05, 3.63) is 56.5 Å². The van der Waals surface area contributed by atoms with E-state index in [9.17, 15) is 14.0 Å². The van der Waals surface area contributed by atoms with Crippen molar-refractivity contribution in [2.75, 3.05) is 0 Å². The smallest absolute Gasteiger partial charge is 0.308 e. The molecule has 104 valence electrons. The number of aromatic amines is 1. The van der Waals surface area contributed by atoms with Gasteiger partial charge in [0.1, 0.15) is 5.82 Å². The number of nitrogens with one attached hydrogen (secondary N) is 1. The SMILES string of the molecule is Cc1[nH]c(=S)n(-c2ccc(F)cc2)c(=O)c1CC(=O)O. The lowest BCUT2D eigenvalue weighted by Gasteiger charge is -2.10. The van der Waals surface area contributed by atoms with Gasteiger partial charge in [-0.3, -0.25) is 14.2 Å². The van der Waals surface area contributed by atoms with E-state index in [0.29, 0.717) is 11.4 Å². The molecule has 0 unspecified atom stereocenters. The standard InChI is InChI=1S/C13H11FN2O3S/c1-7-10(6-11(17)18)12(19)16(13(20)15-7)9-4-2-8(14)3-5-9/h2-5H,6H2,1H3,(H,15,20)(H,17,18). The molecular formula is C13H11FN2O3S. The molecule has 0 saturated heterocycles. The molecule has 0 amide bonds. The van der Waals surface area contributed by atoms with Gasteiger partial charge in [0.25, 0.3) is 5.56 Å². The number of nitrogens with zero attached hydrogens (tertiary/aromatic N) is 1. The molecule has 1 aromatic heterocycles. The number of benzene rings is 1. The van der Waals surface area contributed by atoms with Crippen molar-refractivity contribution < 1.29 is 14.3 Å². The Hall–Kier alpha value is -2.28. The Morgan fingerprint density at radius 3 is 2.55 bits per heavy atom. The second-order valence-corrected chi connectivity index (χ2v) is 4.61. The Kier molecular flexibility index (Phi) is 3.80. The monoisotopic (exact) mass is 294 g/mol. The minimum atomic E-state index is -1.11. The number of H-pyrrole nitrogens is 1. The molecule has 2 rings (SSSR count). The second-order valence-electron chi connectivity index (χ2n) is 4.22. The fraction of sp³-hybridized carbons (Fsp3) is 0.154. The highest BCUT2D eigenvalue weighted by Gasteiger charge is 2.14. The lowest BCUT2D eigenvalue weighted by molar-refractivity contribution is -0.136. The van der Waals surface area contributed by atoms with Gasteiger partial charge in [0.2, 0.25) is 0 Å². The maximum Gasteiger partial charge on any atom is 0.308 e. The molecule has 0 fully saturated rings. The summed E-state index contributed by atoms with van der Waals surface area (Å²) in [5.74, 6) is -1.55. The Morgan fingerprint density at radius 2 is 2.00 bits per heavy atom. The van der Waals surface area contributed by atoms with Crippen LogP contribution >= 0.6 is 12.2 Å². The number of carbonyl (C=O) groups is 1. The van der Waals surface area contributed by atoms with E-state index in [-0.39, 0.29) is 10.3 Å². The van der Waals surface area contributed by atoms with Crippen LogP contribution in [0.3, 0.4) is 0 Å². The Bertz CT molecular complexity index is 778. The first-order valence-electron chi connectivity index (χ1n) is 5.72. The van der Waals surface area contributed by atoms with Crippen LogP contribution in [-0.4, -0.2) is 20.6 Å². The summed E-state index contributed by atoms with van der Waals surface area (Å²) in [4.78, 5) is 26.0. The average Bonchev–Trinajstić information content (AvgIpc) is 2.36. The molecule has 20 heavy (non-hydrogen) atoms. The summed E-state index contributed by atoms with van der Waals surface area (Å²) in [5.41, 5.74) is 0.403. The zero-order chi connectivity index (χ0) is 14.9. The summed E-state index contributed by atoms with van der Waals surface area (Å²) >= 11 is 5.08. The molecule has 7 heteroatoms. The van der Waals surface area contributed by atoms with Crippen molar-refractivity contribution in [1.82, 2.24) is 9.55 Å². The van der Waals surface area contributed by atoms with Crippen LogP contribution in [0.2, 0.25) is 0 Å². The third kappa shape index (κ3) is 2.67. The minimum absolute atomic E-state index is 0.121. The van der Waals surface area contributed by atoms with Crippen LogP contribution in [0.15, 0.2) is 29.1 Å². The van der Waals surface area contributed by atoms with Gasteiger partial charge in [-0.25, -0.2) is 4.39 Å². The molecule has 0 aliphatic heterocycles. The first-order chi connectivity index (χ1) is 9.40. The fourth-order valence-corrected chi connectivity index (χ4v) is 2.20. The van der Waals surface area contributed by atoms with Crippen LogP contribution in [0.5, 0.6) is 0 Å². The molecule has 0 saturated carbocycles. The van der Waals surface area contributed by atoms with Crippen molar-refractivity contribution in [3.63, 3.8) is 0 Å². The number of carboxylic acid groups (broad SMARTS) is 1. The van der Waals surface area contributed by atoms with Crippen LogP contribution in [0.25, 0.3) is 5.69 Å². The predicted molar refractivity (Wildman–Crippen MR) is 73.3 cm³/mol. The molecule has 0 bridgehead atoms. The largest absolute Gasteiger partial charge is 0.481 e. The van der Waals surface area contributed by atoms with Crippen LogP contribution < -0.4 is 5.56 Å². The van der Waals surface area contributed by atoms with Crippen molar-refractivity contribution >= 4 is 18.2 Å². The summed E-state index contributed by atoms with van der Waals surface area (Å²) in [6.45, 7) is 1.59. The molecule has 0 spiro atoms. The Balaban J connectivity index is 2.70. The summed E-state index contributed by atoms with van der Waals surface area (Å²) < 4.78 is 14.2. The molecule has 5 nitrogen and oxygen atoms in total. The minimum Gasteiger partial charge on any atom is -0.481 e. The third-order valence-electron chi connectivity index (χ3n) is 2.82. The summed E-state index contributed by atoms with van der Waals surface area (Å²) in [6.07, 6.45) is -0.405. The van der Waals surface area contributed by atoms with E-state index in [2.05, 4.69) is 4.98 Å². The number of hydrogen-bond donors (Lipinski definition) is 2. The number of rotatable bonds is 3. The number of halogens is 1. The molecule has 0 aliphatic carbocycles. The maximum absolute atomic E-state index is 12.9. The molecule has 2 aromatic rings. The highest BCUT2D eigenvalue weighted by molar-refractivity contribution is 7.71. The van der Waals surface area contributed by atoms with E-state index in [4.69, 9.17) is 17.3 Å². The molecule has 1 heterocycles. The van der Waals surface area contributed by atoms with Gasteiger partial charge in [-0.05, 0) is 43.4 Å². The number of aliphatic carboxylic acids is 1. The predicted octanol–water partition coefficient (Wildman–Crippen LogP) is 1.97. The van der Waals surface area contributed by atoms with E-state index in [1.54, 1.807) is 6.92 Å². The molecule has 2 N–H and O–H groups in total. The first-order valence-corrected chi connectivity index (χ1v) is 6.13. The van der Waals surface area contributed by atoms with Crippen LogP contribution in [-0.2, 0) is 11.2 Å². The Morgan fingerprint density at radius 1 is 1.40 bits per heavy atom. The van der Waals surface area contributed by atoms with Crippen molar-refractivity contribution in [1.29, 1.82) is 0 Å². The third-order valence-corrected chi connectivity index (χ3v) is 3.11. The van der Waals surface area contributed by atoms with Gasteiger partial charge < -0.3 is 10.1 Å². The number of carboxylic acids is 1. The lowest BCUT2D eigenvalue weighted by atomic mass is 10.1. The number of aromatic nitrogens is 2. The van der Waals surface area contributed by atoms with Gasteiger partial charge in [0.05, 0.1) is 12.1 Å². The number of hydrogen-bond acceptors (Lipinski definition) is 3. The van der Waals surface area contributed by atoms with E-state index in [1.807, 2.05) is 0 Å². The molecule has 1 aromatic carbocycles. The van der Waals surface area contributed by atoms with E-state index < -0.39 is 23.8 Å². The van der Waals surface area contributed by atoms with Crippen LogP contribution in [0, 0.1) is 17.5 Å². The van der Waals surface area contributed by atoms with Gasteiger partial charge in [-0.1, -0.05) is 0 Å². The fourth-order valence-electron chi connectivity index (χ4n) is 1.86. The van der Waals surface area contributed by atoms with Crippen LogP contribution in [0.4, 0.5) is 4.39 Å². The van der Waals surface area contributed by atoms with Gasteiger partial charge in [0.15, 0.2) is 4.77 Å². The Labute approximate surface area is 118 Å². The summed E-state index contributed by atoms with van der Waals surface area (Å²) in [6, 6.07) is 5.21. The molecular weight excluding hydrogens is 283 g/mol. The summed E-state index contributed by atoms with van der Waals surface area (Å²) in [5, 5.41) is 8.85. The molecule has 0 aliphatic rings. The number of aryl methyl sites for hydroxylation is 1. The molecule has 0 atom stereocenters. The summed E-state index contributed by atoms with van der Waals surface area (Å²) in [7, 11) is 0. The van der Waals surface area contributed by atoms with Gasteiger partial charge in [0, 0.05) is 11.3 Å². The normalized spacial score (nSPS) is 10.5. The van der Waals surface area contributed by atoms with Crippen molar-refractivity contribution in [2.24, 2.45) is 0 Å². The van der Waals surface area contributed by atoms with Crippen molar-refractivity contribution in [2.45, 2.75) is 13.3 Å². The quantitative estimate of drug-likeness (QED) is 0.849. The van der Waals surface area contributed by atoms with Gasteiger partial charge in [-0.2, -0.15) is 0 Å². The lowest BCUT2D eigenvalue weighted by Crippen LogP contribution is -2.27. The molecule has 0 radical (unpaired) electrons. The highest BCUT2D eigenvalue weighted by Crippen LogP contribution is 2.09. The van der Waals surface area contributed by atoms with Gasteiger partial charge >= 0.3 is 5.97 Å². The zero-order valence-electron chi connectivity index (χ0n) is 10.5. The first kappa shape index (κ1) is 14.1. The topological polar surface area (TPSA) is 75.1 Å². The van der Waals surface area contributed by atoms with Crippen molar-refractivity contribution in [3.8, 4) is 5.69 Å². The van der Waals surface area contributed by atoms with Crippen LogP contribution in [0.1, 0.15) is 11.3 Å². The highest BCUT2D eigenvalue weighted by atomic mass is 32.1. The van der Waals surface area contributed by atoms with Gasteiger partial charge in [-0.15, -0.1) is 0 Å². The van der Waals surface area contributed by atoms with E-state index >= 15 is 0 Å². The second kappa shape index (κ2) is 5.38. The average molecular weight is 294 g/mol. The van der Waals surface area contributed by atoms with E-state index in [0.717, 1.165) is 4.57 Å².